The van der Waals surface area contributed by atoms with E-state index in [0.29, 0.717) is 13.1 Å². The Morgan fingerprint density at radius 2 is 1.88 bits per heavy atom. The zero-order valence-corrected chi connectivity index (χ0v) is 11.0. The van der Waals surface area contributed by atoms with E-state index < -0.39 is 0 Å². The third kappa shape index (κ3) is 2.85. The number of carbonyl (C=O) groups excluding carboxylic acids is 2. The predicted molar refractivity (Wildman–Crippen MR) is 68.5 cm³/mol. The number of halogens is 1. The fraction of sp³-hybridized carbons (Fsp3) is 0.333. The summed E-state index contributed by atoms with van der Waals surface area (Å²) >= 11 is 3.33. The fourth-order valence-electron chi connectivity index (χ4n) is 1.68. The van der Waals surface area contributed by atoms with Crippen LogP contribution in [0.1, 0.15) is 6.92 Å². The number of nitrogens with one attached hydrogen (secondary N) is 1. The minimum Gasteiger partial charge on any atom is -0.341 e. The first-order chi connectivity index (χ1) is 8.06. The normalized spacial score (nSPS) is 15.3. The molecular formula is C12H13BrN2O2. The molecule has 2 amide bonds. The lowest BCUT2D eigenvalue weighted by Gasteiger charge is -2.37. The summed E-state index contributed by atoms with van der Waals surface area (Å²) in [5.74, 6) is -0.0786. The van der Waals surface area contributed by atoms with Crippen molar-refractivity contribution in [3.63, 3.8) is 0 Å². The van der Waals surface area contributed by atoms with Gasteiger partial charge in [0.25, 0.3) is 0 Å². The van der Waals surface area contributed by atoms with Gasteiger partial charge in [0.1, 0.15) is 0 Å². The number of amides is 2. The summed E-state index contributed by atoms with van der Waals surface area (Å²) in [7, 11) is 0. The van der Waals surface area contributed by atoms with Gasteiger partial charge in [0, 0.05) is 30.2 Å². The number of nitrogens with zero attached hydrogens (tertiary/aromatic N) is 1. The second-order valence-electron chi connectivity index (χ2n) is 4.12. The first-order valence-electron chi connectivity index (χ1n) is 5.38. The van der Waals surface area contributed by atoms with Crippen LogP contribution < -0.4 is 5.32 Å². The number of anilines is 1. The molecular weight excluding hydrogens is 284 g/mol. The Labute approximate surface area is 108 Å². The van der Waals surface area contributed by atoms with Crippen LogP contribution in [0.5, 0.6) is 0 Å². The maximum absolute atomic E-state index is 11.8. The lowest BCUT2D eigenvalue weighted by atomic mass is 9.99. The van der Waals surface area contributed by atoms with Crippen molar-refractivity contribution in [2.75, 3.05) is 18.4 Å². The van der Waals surface area contributed by atoms with E-state index in [-0.39, 0.29) is 17.7 Å². The summed E-state index contributed by atoms with van der Waals surface area (Å²) in [6.07, 6.45) is 0. The molecule has 2 rings (SSSR count). The number of hydrogen-bond acceptors (Lipinski definition) is 2. The van der Waals surface area contributed by atoms with E-state index in [1.807, 2.05) is 24.3 Å². The molecule has 17 heavy (non-hydrogen) atoms. The first kappa shape index (κ1) is 12.1. The van der Waals surface area contributed by atoms with E-state index in [0.717, 1.165) is 10.2 Å². The van der Waals surface area contributed by atoms with Gasteiger partial charge in [-0.15, -0.1) is 0 Å². The molecule has 1 aliphatic heterocycles. The van der Waals surface area contributed by atoms with E-state index in [4.69, 9.17) is 0 Å². The van der Waals surface area contributed by atoms with Gasteiger partial charge in [0.05, 0.1) is 5.92 Å². The Morgan fingerprint density at radius 3 is 2.41 bits per heavy atom. The van der Waals surface area contributed by atoms with Crippen LogP contribution in [0.2, 0.25) is 0 Å². The predicted octanol–water partition coefficient (Wildman–Crippen LogP) is 1.87. The van der Waals surface area contributed by atoms with E-state index in [1.165, 1.54) is 6.92 Å². The molecule has 90 valence electrons. The molecule has 0 bridgehead atoms. The van der Waals surface area contributed by atoms with Crippen molar-refractivity contribution >= 4 is 33.4 Å². The third-order valence-corrected chi connectivity index (χ3v) is 3.34. The van der Waals surface area contributed by atoms with Gasteiger partial charge in [-0.05, 0) is 24.3 Å². The molecule has 0 unspecified atom stereocenters. The van der Waals surface area contributed by atoms with Crippen molar-refractivity contribution in [3.8, 4) is 0 Å². The molecule has 1 aromatic rings. The molecule has 1 saturated heterocycles. The largest absolute Gasteiger partial charge is 0.341 e. The molecule has 0 aliphatic carbocycles. The molecule has 1 aliphatic rings. The topological polar surface area (TPSA) is 49.4 Å². The number of hydrogen-bond donors (Lipinski definition) is 1. The number of rotatable bonds is 2. The minimum atomic E-state index is -0.0810. The highest BCUT2D eigenvalue weighted by molar-refractivity contribution is 9.10. The molecule has 1 N–H and O–H groups in total. The quantitative estimate of drug-likeness (QED) is 0.906. The highest BCUT2D eigenvalue weighted by atomic mass is 79.9. The van der Waals surface area contributed by atoms with Crippen LogP contribution in [-0.2, 0) is 9.59 Å². The van der Waals surface area contributed by atoms with Gasteiger partial charge in [-0.25, -0.2) is 0 Å². The van der Waals surface area contributed by atoms with Crippen molar-refractivity contribution in [2.45, 2.75) is 6.92 Å². The van der Waals surface area contributed by atoms with Crippen molar-refractivity contribution < 1.29 is 9.59 Å². The lowest BCUT2D eigenvalue weighted by molar-refractivity contribution is -0.139. The van der Waals surface area contributed by atoms with Crippen molar-refractivity contribution in [2.24, 2.45) is 5.92 Å². The Morgan fingerprint density at radius 1 is 1.29 bits per heavy atom. The van der Waals surface area contributed by atoms with Crippen LogP contribution in [0, 0.1) is 5.92 Å². The van der Waals surface area contributed by atoms with Crippen LogP contribution in [0.15, 0.2) is 28.7 Å². The van der Waals surface area contributed by atoms with Gasteiger partial charge in [0.2, 0.25) is 11.8 Å². The molecule has 5 heteroatoms. The van der Waals surface area contributed by atoms with Gasteiger partial charge < -0.3 is 10.2 Å². The smallest absolute Gasteiger partial charge is 0.231 e. The molecule has 0 atom stereocenters. The highest BCUT2D eigenvalue weighted by Gasteiger charge is 2.33. The lowest BCUT2D eigenvalue weighted by Crippen LogP contribution is -2.53. The summed E-state index contributed by atoms with van der Waals surface area (Å²) in [5.41, 5.74) is 0.777. The molecule has 4 nitrogen and oxygen atoms in total. The maximum Gasteiger partial charge on any atom is 0.231 e. The average molecular weight is 297 g/mol. The molecule has 0 aromatic heterocycles. The van der Waals surface area contributed by atoms with E-state index >= 15 is 0 Å². The molecule has 0 spiro atoms. The van der Waals surface area contributed by atoms with Crippen molar-refractivity contribution in [3.05, 3.63) is 28.7 Å². The second-order valence-corrected chi connectivity index (χ2v) is 5.03. The molecule has 0 saturated carbocycles. The van der Waals surface area contributed by atoms with Crippen LogP contribution >= 0.6 is 15.9 Å². The summed E-state index contributed by atoms with van der Waals surface area (Å²) < 4.78 is 0.974. The maximum atomic E-state index is 11.8. The number of carbonyl (C=O) groups is 2. The van der Waals surface area contributed by atoms with Gasteiger partial charge in [-0.3, -0.25) is 9.59 Å². The minimum absolute atomic E-state index is 0.0233. The van der Waals surface area contributed by atoms with Crippen LogP contribution in [0.4, 0.5) is 5.69 Å². The van der Waals surface area contributed by atoms with E-state index in [9.17, 15) is 9.59 Å². The zero-order chi connectivity index (χ0) is 12.4. The van der Waals surface area contributed by atoms with Crippen LogP contribution in [-0.4, -0.2) is 29.8 Å². The monoisotopic (exact) mass is 296 g/mol. The third-order valence-electron chi connectivity index (χ3n) is 2.81. The zero-order valence-electron chi connectivity index (χ0n) is 9.44. The molecule has 1 fully saturated rings. The van der Waals surface area contributed by atoms with Gasteiger partial charge >= 0.3 is 0 Å². The summed E-state index contributed by atoms with van der Waals surface area (Å²) in [5, 5.41) is 2.83. The van der Waals surface area contributed by atoms with E-state index in [1.54, 1.807) is 4.90 Å². The highest BCUT2D eigenvalue weighted by Crippen LogP contribution is 2.19. The Hall–Kier alpha value is -1.36. The number of benzene rings is 1. The Balaban J connectivity index is 1.87. The molecule has 1 aromatic carbocycles. The summed E-state index contributed by atoms with van der Waals surface area (Å²) in [6.45, 7) is 2.57. The average Bonchev–Trinajstić information content (AvgIpc) is 2.18. The second kappa shape index (κ2) is 4.87. The van der Waals surface area contributed by atoms with Crippen molar-refractivity contribution in [1.82, 2.24) is 4.90 Å². The fourth-order valence-corrected chi connectivity index (χ4v) is 1.94. The summed E-state index contributed by atoms with van der Waals surface area (Å²) in [4.78, 5) is 24.4. The van der Waals surface area contributed by atoms with Crippen LogP contribution in [0.3, 0.4) is 0 Å². The van der Waals surface area contributed by atoms with Crippen LogP contribution in [0.25, 0.3) is 0 Å². The Kier molecular flexibility index (Phi) is 3.47. The molecule has 1 heterocycles. The van der Waals surface area contributed by atoms with Gasteiger partial charge in [0.15, 0.2) is 0 Å². The Bertz CT molecular complexity index is 438. The SMILES string of the molecule is CC(=O)N1CC(C(=O)Nc2ccc(Br)cc2)C1. The number of likely N-dealkylation sites (tertiary alicyclic amines) is 1. The first-order valence-corrected chi connectivity index (χ1v) is 6.17. The van der Waals surface area contributed by atoms with Gasteiger partial charge in [-0.2, -0.15) is 0 Å². The summed E-state index contributed by atoms with van der Waals surface area (Å²) in [6, 6.07) is 7.42. The standard InChI is InChI=1S/C12H13BrN2O2/c1-8(16)15-6-9(7-15)12(17)14-11-4-2-10(13)3-5-11/h2-5,9H,6-7H2,1H3,(H,14,17). The van der Waals surface area contributed by atoms with Gasteiger partial charge in [-0.1, -0.05) is 15.9 Å². The van der Waals surface area contributed by atoms with Crippen molar-refractivity contribution in [1.29, 1.82) is 0 Å². The van der Waals surface area contributed by atoms with E-state index in [2.05, 4.69) is 21.2 Å². The molecule has 0 radical (unpaired) electrons.